The van der Waals surface area contributed by atoms with E-state index in [0.717, 1.165) is 13.1 Å². The van der Waals surface area contributed by atoms with Gasteiger partial charge in [0.05, 0.1) is 0 Å². The van der Waals surface area contributed by atoms with Crippen LogP contribution in [0, 0.1) is 0 Å². The minimum Gasteiger partial charge on any atom is -0.316 e. The van der Waals surface area contributed by atoms with E-state index >= 15 is 0 Å². The van der Waals surface area contributed by atoms with Crippen molar-refractivity contribution in [3.05, 3.63) is 47.5 Å². The molecule has 1 aliphatic heterocycles. The van der Waals surface area contributed by atoms with Crippen LogP contribution in [-0.2, 0) is 13.1 Å². The standard InChI is InChI=1S/C18H24N2/c1-19-13-17-7-5-6-16-12-15(8-9-18(16)17)14-20-10-3-2-4-11-20/h5-9,12,19H,2-4,10-11,13-14H2,1H3. The van der Waals surface area contributed by atoms with Gasteiger partial charge in [-0.15, -0.1) is 0 Å². The van der Waals surface area contributed by atoms with Gasteiger partial charge in [-0.3, -0.25) is 4.90 Å². The number of nitrogens with one attached hydrogen (secondary N) is 1. The zero-order chi connectivity index (χ0) is 13.8. The van der Waals surface area contributed by atoms with Crippen LogP contribution in [0.1, 0.15) is 30.4 Å². The molecule has 0 aliphatic carbocycles. The van der Waals surface area contributed by atoms with E-state index in [1.807, 2.05) is 7.05 Å². The summed E-state index contributed by atoms with van der Waals surface area (Å²) in [5.41, 5.74) is 2.83. The number of hydrogen-bond donors (Lipinski definition) is 1. The van der Waals surface area contributed by atoms with Gasteiger partial charge in [-0.25, -0.2) is 0 Å². The van der Waals surface area contributed by atoms with E-state index in [2.05, 4.69) is 46.6 Å². The lowest BCUT2D eigenvalue weighted by atomic mass is 10.0. The molecular weight excluding hydrogens is 244 g/mol. The molecular formula is C18H24N2. The summed E-state index contributed by atoms with van der Waals surface area (Å²) in [5.74, 6) is 0. The highest BCUT2D eigenvalue weighted by molar-refractivity contribution is 5.86. The monoisotopic (exact) mass is 268 g/mol. The number of rotatable bonds is 4. The molecule has 0 bridgehead atoms. The van der Waals surface area contributed by atoms with E-state index in [1.165, 1.54) is 54.3 Å². The van der Waals surface area contributed by atoms with Crippen LogP contribution in [-0.4, -0.2) is 25.0 Å². The number of likely N-dealkylation sites (tertiary alicyclic amines) is 1. The van der Waals surface area contributed by atoms with E-state index in [1.54, 1.807) is 0 Å². The molecule has 0 amide bonds. The number of piperidine rings is 1. The van der Waals surface area contributed by atoms with Crippen molar-refractivity contribution in [1.82, 2.24) is 10.2 Å². The fourth-order valence-corrected chi connectivity index (χ4v) is 3.22. The largest absolute Gasteiger partial charge is 0.316 e. The first-order valence-corrected chi connectivity index (χ1v) is 7.74. The molecule has 1 aliphatic rings. The van der Waals surface area contributed by atoms with Crippen LogP contribution in [0.5, 0.6) is 0 Å². The molecule has 0 radical (unpaired) electrons. The Morgan fingerprint density at radius 1 is 1.05 bits per heavy atom. The molecule has 2 nitrogen and oxygen atoms in total. The predicted octanol–water partition coefficient (Wildman–Crippen LogP) is 3.55. The van der Waals surface area contributed by atoms with Crippen molar-refractivity contribution in [1.29, 1.82) is 0 Å². The van der Waals surface area contributed by atoms with Crippen molar-refractivity contribution in [3.63, 3.8) is 0 Å². The zero-order valence-corrected chi connectivity index (χ0v) is 12.4. The number of fused-ring (bicyclic) bond motifs is 1. The van der Waals surface area contributed by atoms with Crippen molar-refractivity contribution in [3.8, 4) is 0 Å². The average Bonchev–Trinajstić information content (AvgIpc) is 2.49. The Morgan fingerprint density at radius 2 is 1.90 bits per heavy atom. The van der Waals surface area contributed by atoms with E-state index in [9.17, 15) is 0 Å². The first-order valence-electron chi connectivity index (χ1n) is 7.74. The summed E-state index contributed by atoms with van der Waals surface area (Å²) >= 11 is 0. The third-order valence-corrected chi connectivity index (χ3v) is 4.26. The van der Waals surface area contributed by atoms with Gasteiger partial charge >= 0.3 is 0 Å². The summed E-state index contributed by atoms with van der Waals surface area (Å²) in [4.78, 5) is 2.59. The predicted molar refractivity (Wildman–Crippen MR) is 85.8 cm³/mol. The second-order valence-electron chi connectivity index (χ2n) is 5.84. The molecule has 106 valence electrons. The molecule has 1 heterocycles. The second kappa shape index (κ2) is 6.38. The van der Waals surface area contributed by atoms with Gasteiger partial charge in [0.1, 0.15) is 0 Å². The van der Waals surface area contributed by atoms with Gasteiger partial charge < -0.3 is 5.32 Å². The fourth-order valence-electron chi connectivity index (χ4n) is 3.22. The third kappa shape index (κ3) is 3.02. The van der Waals surface area contributed by atoms with Crippen LogP contribution < -0.4 is 5.32 Å². The van der Waals surface area contributed by atoms with Gasteiger partial charge in [-0.2, -0.15) is 0 Å². The van der Waals surface area contributed by atoms with Crippen molar-refractivity contribution < 1.29 is 0 Å². The number of hydrogen-bond acceptors (Lipinski definition) is 2. The van der Waals surface area contributed by atoms with Crippen LogP contribution in [0.2, 0.25) is 0 Å². The van der Waals surface area contributed by atoms with Crippen LogP contribution >= 0.6 is 0 Å². The molecule has 0 spiro atoms. The van der Waals surface area contributed by atoms with Gasteiger partial charge in [0.25, 0.3) is 0 Å². The smallest absolute Gasteiger partial charge is 0.0233 e. The molecule has 20 heavy (non-hydrogen) atoms. The first kappa shape index (κ1) is 13.6. The maximum atomic E-state index is 3.25. The van der Waals surface area contributed by atoms with Crippen LogP contribution in [0.4, 0.5) is 0 Å². The lowest BCUT2D eigenvalue weighted by molar-refractivity contribution is 0.221. The van der Waals surface area contributed by atoms with Crippen LogP contribution in [0.15, 0.2) is 36.4 Å². The summed E-state index contributed by atoms with van der Waals surface area (Å²) in [6, 6.07) is 13.6. The lowest BCUT2D eigenvalue weighted by Crippen LogP contribution is -2.29. The van der Waals surface area contributed by atoms with Crippen molar-refractivity contribution >= 4 is 10.8 Å². The maximum absolute atomic E-state index is 3.25. The summed E-state index contributed by atoms with van der Waals surface area (Å²) < 4.78 is 0. The molecule has 3 rings (SSSR count). The SMILES string of the molecule is CNCc1cccc2cc(CN3CCCCC3)ccc12. The van der Waals surface area contributed by atoms with Crippen molar-refractivity contribution in [2.75, 3.05) is 20.1 Å². The van der Waals surface area contributed by atoms with Gasteiger partial charge in [0.15, 0.2) is 0 Å². The first-order chi connectivity index (χ1) is 9.86. The summed E-state index contributed by atoms with van der Waals surface area (Å²) in [6.07, 6.45) is 4.13. The Kier molecular flexibility index (Phi) is 4.34. The summed E-state index contributed by atoms with van der Waals surface area (Å²) in [5, 5.41) is 5.99. The Morgan fingerprint density at radius 3 is 2.70 bits per heavy atom. The molecule has 2 aromatic carbocycles. The molecule has 0 saturated carbocycles. The van der Waals surface area contributed by atoms with Gasteiger partial charge in [-0.1, -0.05) is 36.8 Å². The highest BCUT2D eigenvalue weighted by Gasteiger charge is 2.10. The van der Waals surface area contributed by atoms with E-state index in [0.29, 0.717) is 0 Å². The van der Waals surface area contributed by atoms with Gasteiger partial charge in [0.2, 0.25) is 0 Å². The van der Waals surface area contributed by atoms with E-state index < -0.39 is 0 Å². The van der Waals surface area contributed by atoms with Gasteiger partial charge in [0, 0.05) is 13.1 Å². The quantitative estimate of drug-likeness (QED) is 0.912. The second-order valence-corrected chi connectivity index (χ2v) is 5.84. The van der Waals surface area contributed by atoms with Gasteiger partial charge in [-0.05, 0) is 60.9 Å². The minimum atomic E-state index is 0.933. The number of nitrogens with zero attached hydrogens (tertiary/aromatic N) is 1. The average molecular weight is 268 g/mol. The van der Waals surface area contributed by atoms with E-state index in [-0.39, 0.29) is 0 Å². The Bertz CT molecular complexity index is 571. The normalized spacial score (nSPS) is 16.6. The Balaban J connectivity index is 1.83. The molecule has 0 atom stereocenters. The molecule has 0 unspecified atom stereocenters. The zero-order valence-electron chi connectivity index (χ0n) is 12.4. The van der Waals surface area contributed by atoms with Crippen molar-refractivity contribution in [2.45, 2.75) is 32.4 Å². The van der Waals surface area contributed by atoms with E-state index in [4.69, 9.17) is 0 Å². The third-order valence-electron chi connectivity index (χ3n) is 4.26. The molecule has 1 saturated heterocycles. The van der Waals surface area contributed by atoms with Crippen LogP contribution in [0.3, 0.4) is 0 Å². The highest BCUT2D eigenvalue weighted by Crippen LogP contribution is 2.22. The Hall–Kier alpha value is -1.38. The lowest BCUT2D eigenvalue weighted by Gasteiger charge is -2.26. The molecule has 2 heteroatoms. The highest BCUT2D eigenvalue weighted by atomic mass is 15.1. The molecule has 1 fully saturated rings. The van der Waals surface area contributed by atoms with Crippen molar-refractivity contribution in [2.24, 2.45) is 0 Å². The fraction of sp³-hybridized carbons (Fsp3) is 0.444. The maximum Gasteiger partial charge on any atom is 0.0233 e. The van der Waals surface area contributed by atoms with Crippen LogP contribution in [0.25, 0.3) is 10.8 Å². The summed E-state index contributed by atoms with van der Waals surface area (Å²) in [7, 11) is 2.00. The molecule has 0 aromatic heterocycles. The molecule has 2 aromatic rings. The number of benzene rings is 2. The topological polar surface area (TPSA) is 15.3 Å². The molecule has 1 N–H and O–H groups in total. The summed E-state index contributed by atoms with van der Waals surface area (Å²) in [6.45, 7) is 4.56. The Labute approximate surface area is 121 Å². The minimum absolute atomic E-state index is 0.933.